The molecule has 5 nitrogen and oxygen atoms in total. The van der Waals surface area contributed by atoms with Gasteiger partial charge >= 0.3 is 0 Å². The number of para-hydroxylation sites is 1. The van der Waals surface area contributed by atoms with Gasteiger partial charge in [0.2, 0.25) is 0 Å². The maximum absolute atomic E-state index is 13.4. The van der Waals surface area contributed by atoms with E-state index in [0.717, 1.165) is 59.2 Å². The number of aromatic nitrogens is 1. The van der Waals surface area contributed by atoms with Crippen LogP contribution in [0, 0.1) is 6.92 Å². The summed E-state index contributed by atoms with van der Waals surface area (Å²) in [6, 6.07) is 7.86. The van der Waals surface area contributed by atoms with Gasteiger partial charge in [0.15, 0.2) is 0 Å². The molecule has 1 atom stereocenters. The number of carbonyl (C=O) groups is 1. The molecule has 146 valence electrons. The summed E-state index contributed by atoms with van der Waals surface area (Å²) in [7, 11) is 1.66. The maximum atomic E-state index is 13.4. The van der Waals surface area contributed by atoms with Gasteiger partial charge in [-0.2, -0.15) is 0 Å². The number of hydrogen-bond acceptors (Lipinski definition) is 5. The van der Waals surface area contributed by atoms with E-state index in [2.05, 4.69) is 11.9 Å². The highest BCUT2D eigenvalue weighted by atomic mass is 32.1. The summed E-state index contributed by atoms with van der Waals surface area (Å²) in [6.07, 6.45) is 4.10. The molecule has 1 aromatic heterocycles. The van der Waals surface area contributed by atoms with Crippen molar-refractivity contribution in [1.29, 1.82) is 0 Å². The van der Waals surface area contributed by atoms with E-state index in [1.165, 1.54) is 11.3 Å². The molecule has 2 heterocycles. The van der Waals surface area contributed by atoms with Gasteiger partial charge in [0.1, 0.15) is 10.6 Å². The van der Waals surface area contributed by atoms with E-state index < -0.39 is 0 Å². The number of nitrogens with zero attached hydrogens (tertiary/aromatic N) is 2. The Labute approximate surface area is 165 Å². The summed E-state index contributed by atoms with van der Waals surface area (Å²) in [5.74, 6) is 0.837. The number of thiazole rings is 1. The summed E-state index contributed by atoms with van der Waals surface area (Å²) < 4.78 is 11.3. The molecule has 27 heavy (non-hydrogen) atoms. The topological polar surface area (TPSA) is 51.7 Å². The van der Waals surface area contributed by atoms with Crippen molar-refractivity contribution in [1.82, 2.24) is 9.88 Å². The lowest BCUT2D eigenvalue weighted by Crippen LogP contribution is -2.37. The molecule has 1 fully saturated rings. The molecule has 1 aliphatic heterocycles. The first-order chi connectivity index (χ1) is 13.1. The van der Waals surface area contributed by atoms with E-state index >= 15 is 0 Å². The highest BCUT2D eigenvalue weighted by Gasteiger charge is 2.27. The first-order valence-electron chi connectivity index (χ1n) is 9.61. The van der Waals surface area contributed by atoms with Crippen LogP contribution < -0.4 is 4.74 Å². The highest BCUT2D eigenvalue weighted by Crippen LogP contribution is 2.26. The number of benzene rings is 1. The average Bonchev–Trinajstić information content (AvgIpc) is 3.31. The molecule has 6 heteroatoms. The second kappa shape index (κ2) is 9.33. The average molecular weight is 389 g/mol. The normalized spacial score (nSPS) is 16.5. The molecule has 1 amide bonds. The van der Waals surface area contributed by atoms with Crippen molar-refractivity contribution >= 4 is 17.2 Å². The SMILES string of the molecule is CCCc1nc(C)c(C(=O)N(Cc2ccccc2OC)CC2CCCO2)s1. The Balaban J connectivity index is 1.85. The monoisotopic (exact) mass is 388 g/mol. The van der Waals surface area contributed by atoms with Crippen LogP contribution in [0.15, 0.2) is 24.3 Å². The zero-order valence-electron chi connectivity index (χ0n) is 16.4. The summed E-state index contributed by atoms with van der Waals surface area (Å²) in [5.41, 5.74) is 1.83. The summed E-state index contributed by atoms with van der Waals surface area (Å²) in [6.45, 7) is 5.93. The number of carbonyl (C=O) groups excluding carboxylic acids is 1. The van der Waals surface area contributed by atoms with E-state index in [9.17, 15) is 4.79 Å². The van der Waals surface area contributed by atoms with Gasteiger partial charge in [0, 0.05) is 25.3 Å². The third-order valence-electron chi connectivity index (χ3n) is 4.79. The fourth-order valence-corrected chi connectivity index (χ4v) is 4.54. The Bertz CT molecular complexity index is 769. The van der Waals surface area contributed by atoms with Crippen LogP contribution in [0.2, 0.25) is 0 Å². The van der Waals surface area contributed by atoms with Crippen LogP contribution in [0.3, 0.4) is 0 Å². The zero-order chi connectivity index (χ0) is 19.2. The molecule has 0 radical (unpaired) electrons. The number of ether oxygens (including phenoxy) is 2. The minimum absolute atomic E-state index is 0.0359. The Morgan fingerprint density at radius 1 is 1.41 bits per heavy atom. The molecule has 3 rings (SSSR count). The van der Waals surface area contributed by atoms with Crippen molar-refractivity contribution in [3.8, 4) is 5.75 Å². The number of rotatable bonds is 8. The van der Waals surface area contributed by atoms with Gasteiger partial charge in [-0.05, 0) is 38.7 Å². The first-order valence-corrected chi connectivity index (χ1v) is 10.4. The number of hydrogen-bond donors (Lipinski definition) is 0. The van der Waals surface area contributed by atoms with Gasteiger partial charge in [0.25, 0.3) is 5.91 Å². The van der Waals surface area contributed by atoms with Gasteiger partial charge in [-0.25, -0.2) is 4.98 Å². The standard InChI is InChI=1S/C21H28N2O3S/c1-4-8-19-22-15(2)20(27-19)21(24)23(14-17-10-7-12-26-17)13-16-9-5-6-11-18(16)25-3/h5-6,9,11,17H,4,7-8,10,12-14H2,1-3H3. The molecule has 0 aliphatic carbocycles. The molecule has 2 aromatic rings. The number of aryl methyl sites for hydroxylation is 2. The van der Waals surface area contributed by atoms with Crippen LogP contribution >= 0.6 is 11.3 Å². The molecular weight excluding hydrogens is 360 g/mol. The van der Waals surface area contributed by atoms with E-state index in [1.807, 2.05) is 36.1 Å². The van der Waals surface area contributed by atoms with Crippen molar-refractivity contribution in [3.05, 3.63) is 45.4 Å². The molecule has 0 bridgehead atoms. The quantitative estimate of drug-likeness (QED) is 0.679. The Morgan fingerprint density at radius 2 is 2.22 bits per heavy atom. The maximum Gasteiger partial charge on any atom is 0.266 e. The van der Waals surface area contributed by atoms with Crippen molar-refractivity contribution < 1.29 is 14.3 Å². The second-order valence-corrected chi connectivity index (χ2v) is 7.99. The summed E-state index contributed by atoms with van der Waals surface area (Å²) in [5, 5.41) is 1.03. The van der Waals surface area contributed by atoms with Gasteiger partial charge in [0.05, 0.1) is 23.9 Å². The Kier molecular flexibility index (Phi) is 6.85. The lowest BCUT2D eigenvalue weighted by molar-refractivity contribution is 0.0508. The minimum Gasteiger partial charge on any atom is -0.496 e. The van der Waals surface area contributed by atoms with E-state index in [0.29, 0.717) is 13.1 Å². The molecule has 0 N–H and O–H groups in total. The van der Waals surface area contributed by atoms with Crippen LogP contribution in [0.5, 0.6) is 5.75 Å². The van der Waals surface area contributed by atoms with Crippen LogP contribution in [0.25, 0.3) is 0 Å². The lowest BCUT2D eigenvalue weighted by Gasteiger charge is -2.26. The molecule has 1 saturated heterocycles. The number of methoxy groups -OCH3 is 1. The highest BCUT2D eigenvalue weighted by molar-refractivity contribution is 7.13. The molecule has 1 aliphatic rings. The smallest absolute Gasteiger partial charge is 0.266 e. The predicted molar refractivity (Wildman–Crippen MR) is 108 cm³/mol. The molecule has 1 aromatic carbocycles. The summed E-state index contributed by atoms with van der Waals surface area (Å²) >= 11 is 1.52. The van der Waals surface area contributed by atoms with Crippen molar-refractivity contribution in [2.24, 2.45) is 0 Å². The Hall–Kier alpha value is -1.92. The fourth-order valence-electron chi connectivity index (χ4n) is 3.41. The van der Waals surface area contributed by atoms with Crippen molar-refractivity contribution in [3.63, 3.8) is 0 Å². The van der Waals surface area contributed by atoms with E-state index in [-0.39, 0.29) is 12.0 Å². The molecular formula is C21H28N2O3S. The van der Waals surface area contributed by atoms with Gasteiger partial charge in [-0.15, -0.1) is 11.3 Å². The third-order valence-corrected chi connectivity index (χ3v) is 5.99. The second-order valence-electron chi connectivity index (χ2n) is 6.90. The van der Waals surface area contributed by atoms with Gasteiger partial charge < -0.3 is 14.4 Å². The van der Waals surface area contributed by atoms with Crippen LogP contribution in [0.1, 0.15) is 52.1 Å². The molecule has 0 saturated carbocycles. The minimum atomic E-state index is 0.0359. The molecule has 0 spiro atoms. The third kappa shape index (κ3) is 4.87. The van der Waals surface area contributed by atoms with Crippen molar-refractivity contribution in [2.75, 3.05) is 20.3 Å². The number of amides is 1. The van der Waals surface area contributed by atoms with Crippen LogP contribution in [-0.4, -0.2) is 42.2 Å². The largest absolute Gasteiger partial charge is 0.496 e. The van der Waals surface area contributed by atoms with Crippen LogP contribution in [-0.2, 0) is 17.7 Å². The van der Waals surface area contributed by atoms with Crippen LogP contribution in [0.4, 0.5) is 0 Å². The zero-order valence-corrected chi connectivity index (χ0v) is 17.2. The van der Waals surface area contributed by atoms with Gasteiger partial charge in [-0.3, -0.25) is 4.79 Å². The Morgan fingerprint density at radius 3 is 2.93 bits per heavy atom. The summed E-state index contributed by atoms with van der Waals surface area (Å²) in [4.78, 5) is 20.6. The van der Waals surface area contributed by atoms with E-state index in [1.54, 1.807) is 7.11 Å². The first kappa shape index (κ1) is 19.8. The lowest BCUT2D eigenvalue weighted by atomic mass is 10.1. The fraction of sp³-hybridized carbons (Fsp3) is 0.524. The van der Waals surface area contributed by atoms with Crippen molar-refractivity contribution in [2.45, 2.75) is 52.2 Å². The van der Waals surface area contributed by atoms with Gasteiger partial charge in [-0.1, -0.05) is 25.1 Å². The van der Waals surface area contributed by atoms with E-state index in [4.69, 9.17) is 9.47 Å². The molecule has 1 unspecified atom stereocenters. The predicted octanol–water partition coefficient (Wildman–Crippen LogP) is 4.23.